The monoisotopic (exact) mass is 479 g/mol. The molecule has 25 heavy (non-hydrogen) atoms. The van der Waals surface area contributed by atoms with Crippen LogP contribution < -0.4 is 10.6 Å². The average molecular weight is 480 g/mol. The fourth-order valence-electron chi connectivity index (χ4n) is 2.83. The largest absolute Gasteiger partial charge is 0.385 e. The number of nitrogens with zero attached hydrogens (tertiary/aromatic N) is 1. The molecule has 0 saturated heterocycles. The van der Waals surface area contributed by atoms with Crippen LogP contribution in [0.4, 0.5) is 0 Å². The summed E-state index contributed by atoms with van der Waals surface area (Å²) in [6.07, 6.45) is 5.80. The van der Waals surface area contributed by atoms with E-state index in [0.29, 0.717) is 0 Å². The standard InChI is InChI=1S/C19H30ClN3O.HI/c1-3-21-18(22-12-5-4-6-13-24-2)23-15-19(10-11-19)16-8-7-9-17(20)14-16;/h7-9,14H,3-6,10-13,15H2,1-2H3,(H2,21,22,23);1H. The number of aliphatic imine (C=N–C) groups is 1. The summed E-state index contributed by atoms with van der Waals surface area (Å²) in [5.41, 5.74) is 1.50. The number of hydrogen-bond acceptors (Lipinski definition) is 2. The van der Waals surface area contributed by atoms with Crippen molar-refractivity contribution in [3.05, 3.63) is 34.9 Å². The molecule has 4 nitrogen and oxygen atoms in total. The minimum Gasteiger partial charge on any atom is -0.385 e. The zero-order chi connectivity index (χ0) is 17.3. The predicted molar refractivity (Wildman–Crippen MR) is 117 cm³/mol. The van der Waals surface area contributed by atoms with Gasteiger partial charge in [0.1, 0.15) is 0 Å². The SMILES string of the molecule is CCNC(=NCC1(c2cccc(Cl)c2)CC1)NCCCCCOC.I. The number of nitrogens with one attached hydrogen (secondary N) is 2. The Morgan fingerprint density at radius 2 is 2.04 bits per heavy atom. The molecule has 0 bridgehead atoms. The lowest BCUT2D eigenvalue weighted by atomic mass is 9.96. The van der Waals surface area contributed by atoms with E-state index >= 15 is 0 Å². The summed E-state index contributed by atoms with van der Waals surface area (Å²) in [4.78, 5) is 4.81. The summed E-state index contributed by atoms with van der Waals surface area (Å²) < 4.78 is 5.08. The highest BCUT2D eigenvalue weighted by Gasteiger charge is 2.44. The van der Waals surface area contributed by atoms with Crippen LogP contribution in [0.25, 0.3) is 0 Å². The second-order valence-electron chi connectivity index (χ2n) is 6.47. The lowest BCUT2D eigenvalue weighted by Gasteiger charge is -2.16. The van der Waals surface area contributed by atoms with Crippen molar-refractivity contribution in [1.29, 1.82) is 0 Å². The first-order valence-corrected chi connectivity index (χ1v) is 9.35. The molecule has 0 spiro atoms. The van der Waals surface area contributed by atoms with E-state index in [-0.39, 0.29) is 29.4 Å². The number of unbranched alkanes of at least 4 members (excludes halogenated alkanes) is 2. The Bertz CT molecular complexity index is 535. The molecule has 0 amide bonds. The Morgan fingerprint density at radius 1 is 1.24 bits per heavy atom. The van der Waals surface area contributed by atoms with Crippen molar-refractivity contribution >= 4 is 41.5 Å². The molecule has 0 unspecified atom stereocenters. The molecule has 0 radical (unpaired) electrons. The van der Waals surface area contributed by atoms with Crippen molar-refractivity contribution in [3.63, 3.8) is 0 Å². The minimum absolute atomic E-state index is 0. The quantitative estimate of drug-likeness (QED) is 0.227. The van der Waals surface area contributed by atoms with Crippen LogP contribution in [0.5, 0.6) is 0 Å². The third kappa shape index (κ3) is 7.71. The summed E-state index contributed by atoms with van der Waals surface area (Å²) in [5.74, 6) is 0.914. The second-order valence-corrected chi connectivity index (χ2v) is 6.90. The number of hydrogen-bond donors (Lipinski definition) is 2. The number of halogens is 2. The van der Waals surface area contributed by atoms with Gasteiger partial charge in [-0.05, 0) is 56.7 Å². The van der Waals surface area contributed by atoms with Gasteiger partial charge in [-0.2, -0.15) is 0 Å². The van der Waals surface area contributed by atoms with Crippen LogP contribution in [0, 0.1) is 0 Å². The molecule has 1 aromatic carbocycles. The first kappa shape index (κ1) is 22.5. The molecule has 1 aliphatic carbocycles. The highest BCUT2D eigenvalue weighted by Crippen LogP contribution is 2.48. The Hall–Kier alpha value is -0.530. The number of guanidine groups is 1. The molecule has 0 heterocycles. The van der Waals surface area contributed by atoms with Crippen molar-refractivity contribution < 1.29 is 4.74 Å². The van der Waals surface area contributed by atoms with E-state index < -0.39 is 0 Å². The summed E-state index contributed by atoms with van der Waals surface area (Å²) in [7, 11) is 1.75. The Labute approximate surface area is 174 Å². The van der Waals surface area contributed by atoms with Crippen LogP contribution in [0.15, 0.2) is 29.3 Å². The van der Waals surface area contributed by atoms with Gasteiger partial charge in [-0.1, -0.05) is 23.7 Å². The molecule has 142 valence electrons. The van der Waals surface area contributed by atoms with Gasteiger partial charge in [0.05, 0.1) is 6.54 Å². The van der Waals surface area contributed by atoms with E-state index in [4.69, 9.17) is 21.3 Å². The molecule has 2 rings (SSSR count). The van der Waals surface area contributed by atoms with Gasteiger partial charge in [-0.25, -0.2) is 0 Å². The smallest absolute Gasteiger partial charge is 0.191 e. The third-order valence-electron chi connectivity index (χ3n) is 4.49. The van der Waals surface area contributed by atoms with Gasteiger partial charge in [0, 0.05) is 37.2 Å². The Morgan fingerprint density at radius 3 is 2.68 bits per heavy atom. The van der Waals surface area contributed by atoms with Crippen LogP contribution in [-0.4, -0.2) is 39.3 Å². The first-order valence-electron chi connectivity index (χ1n) is 8.97. The summed E-state index contributed by atoms with van der Waals surface area (Å²) >= 11 is 6.14. The number of benzene rings is 1. The van der Waals surface area contributed by atoms with Crippen LogP contribution in [0.3, 0.4) is 0 Å². The van der Waals surface area contributed by atoms with E-state index in [2.05, 4.69) is 29.7 Å². The van der Waals surface area contributed by atoms with E-state index in [1.54, 1.807) is 7.11 Å². The molecule has 1 aromatic rings. The van der Waals surface area contributed by atoms with Gasteiger partial charge >= 0.3 is 0 Å². The maximum atomic E-state index is 6.14. The summed E-state index contributed by atoms with van der Waals surface area (Å²) in [6, 6.07) is 8.22. The number of methoxy groups -OCH3 is 1. The summed E-state index contributed by atoms with van der Waals surface area (Å²) in [6.45, 7) is 5.57. The first-order chi connectivity index (χ1) is 11.7. The van der Waals surface area contributed by atoms with Crippen molar-refractivity contribution in [2.24, 2.45) is 4.99 Å². The molecular formula is C19H31ClIN3O. The predicted octanol–water partition coefficient (Wildman–Crippen LogP) is 4.36. The molecule has 0 aromatic heterocycles. The van der Waals surface area contributed by atoms with E-state index in [0.717, 1.165) is 50.1 Å². The van der Waals surface area contributed by atoms with E-state index in [9.17, 15) is 0 Å². The van der Waals surface area contributed by atoms with Crippen LogP contribution in [-0.2, 0) is 10.2 Å². The molecule has 1 aliphatic rings. The zero-order valence-corrected chi connectivity index (χ0v) is 18.4. The molecule has 1 saturated carbocycles. The maximum Gasteiger partial charge on any atom is 0.191 e. The molecule has 2 N–H and O–H groups in total. The molecule has 0 aliphatic heterocycles. The van der Waals surface area contributed by atoms with Crippen molar-refractivity contribution in [1.82, 2.24) is 10.6 Å². The molecule has 0 atom stereocenters. The van der Waals surface area contributed by atoms with E-state index in [1.807, 2.05) is 12.1 Å². The molecular weight excluding hydrogens is 449 g/mol. The number of rotatable bonds is 10. The average Bonchev–Trinajstić information content (AvgIpc) is 3.37. The van der Waals surface area contributed by atoms with Crippen LogP contribution >= 0.6 is 35.6 Å². The van der Waals surface area contributed by atoms with E-state index in [1.165, 1.54) is 24.8 Å². The van der Waals surface area contributed by atoms with Gasteiger partial charge in [-0.3, -0.25) is 4.99 Å². The second kappa shape index (κ2) is 12.0. The minimum atomic E-state index is 0. The highest BCUT2D eigenvalue weighted by atomic mass is 127. The van der Waals surface area contributed by atoms with Gasteiger partial charge in [0.25, 0.3) is 0 Å². The maximum absolute atomic E-state index is 6.14. The number of ether oxygens (including phenoxy) is 1. The Balaban J connectivity index is 0.00000312. The van der Waals surface area contributed by atoms with Gasteiger partial charge < -0.3 is 15.4 Å². The fourth-order valence-corrected chi connectivity index (χ4v) is 3.02. The lowest BCUT2D eigenvalue weighted by Crippen LogP contribution is -2.38. The van der Waals surface area contributed by atoms with Crippen molar-refractivity contribution in [3.8, 4) is 0 Å². The third-order valence-corrected chi connectivity index (χ3v) is 4.73. The van der Waals surface area contributed by atoms with Crippen molar-refractivity contribution in [2.45, 2.75) is 44.4 Å². The zero-order valence-electron chi connectivity index (χ0n) is 15.3. The van der Waals surface area contributed by atoms with Gasteiger partial charge in [-0.15, -0.1) is 24.0 Å². The van der Waals surface area contributed by atoms with Crippen molar-refractivity contribution in [2.75, 3.05) is 33.4 Å². The topological polar surface area (TPSA) is 45.7 Å². The lowest BCUT2D eigenvalue weighted by molar-refractivity contribution is 0.192. The normalized spacial score (nSPS) is 15.4. The van der Waals surface area contributed by atoms with Gasteiger partial charge in [0.2, 0.25) is 0 Å². The highest BCUT2D eigenvalue weighted by molar-refractivity contribution is 14.0. The molecule has 6 heteroatoms. The van der Waals surface area contributed by atoms with Crippen LogP contribution in [0.2, 0.25) is 5.02 Å². The summed E-state index contributed by atoms with van der Waals surface area (Å²) in [5, 5.41) is 7.58. The molecule has 1 fully saturated rings. The Kier molecular flexibility index (Phi) is 10.8. The van der Waals surface area contributed by atoms with Crippen LogP contribution in [0.1, 0.15) is 44.6 Å². The fraction of sp³-hybridized carbons (Fsp3) is 0.632. The van der Waals surface area contributed by atoms with Gasteiger partial charge in [0.15, 0.2) is 5.96 Å².